The molecule has 0 radical (unpaired) electrons. The van der Waals surface area contributed by atoms with Crippen LogP contribution in [0.2, 0.25) is 0 Å². The van der Waals surface area contributed by atoms with Gasteiger partial charge in [0, 0.05) is 36.8 Å². The largest absolute Gasteiger partial charge is 0.391 e. The number of nitrogens with one attached hydrogen (secondary N) is 1. The highest BCUT2D eigenvalue weighted by molar-refractivity contribution is 7.16. The number of hydrogen-bond donors (Lipinski definition) is 2. The molecule has 2 N–H and O–H groups in total. The summed E-state index contributed by atoms with van der Waals surface area (Å²) in [5.74, 6) is 2.30. The summed E-state index contributed by atoms with van der Waals surface area (Å²) in [5, 5.41) is 16.4. The van der Waals surface area contributed by atoms with Crippen molar-refractivity contribution in [1.29, 1.82) is 0 Å². The third-order valence-corrected chi connectivity index (χ3v) is 6.14. The fourth-order valence-corrected chi connectivity index (χ4v) is 4.52. The first kappa shape index (κ1) is 15.9. The van der Waals surface area contributed by atoms with Crippen molar-refractivity contribution in [1.82, 2.24) is 19.9 Å². The number of aromatic nitrogens is 4. The SMILES string of the molecule is O[C@H]1CCN(c2cc(C3CC(Nc4ncnc5sccc45)C3)ncn2)C1. The van der Waals surface area contributed by atoms with Crippen LogP contribution in [0, 0.1) is 0 Å². The molecule has 1 atom stereocenters. The van der Waals surface area contributed by atoms with Crippen LogP contribution in [0.15, 0.2) is 30.2 Å². The molecule has 0 amide bonds. The lowest BCUT2D eigenvalue weighted by Gasteiger charge is -2.36. The van der Waals surface area contributed by atoms with E-state index in [0.29, 0.717) is 18.5 Å². The molecule has 8 heteroatoms. The minimum absolute atomic E-state index is 0.243. The molecular formula is C18H20N6OS. The molecule has 0 spiro atoms. The molecular weight excluding hydrogens is 348 g/mol. The molecule has 1 aliphatic heterocycles. The molecule has 1 aliphatic carbocycles. The number of hydrogen-bond acceptors (Lipinski definition) is 8. The van der Waals surface area contributed by atoms with Crippen molar-refractivity contribution in [2.24, 2.45) is 0 Å². The van der Waals surface area contributed by atoms with Gasteiger partial charge in [-0.15, -0.1) is 11.3 Å². The smallest absolute Gasteiger partial charge is 0.138 e. The first-order chi connectivity index (χ1) is 12.8. The highest BCUT2D eigenvalue weighted by Crippen LogP contribution is 2.39. The molecule has 1 saturated heterocycles. The van der Waals surface area contributed by atoms with Gasteiger partial charge < -0.3 is 15.3 Å². The van der Waals surface area contributed by atoms with Crippen LogP contribution in [0.25, 0.3) is 10.2 Å². The Hall–Kier alpha value is -2.32. The number of fused-ring (bicyclic) bond motifs is 1. The lowest BCUT2D eigenvalue weighted by atomic mass is 9.78. The Balaban J connectivity index is 1.25. The first-order valence-corrected chi connectivity index (χ1v) is 9.84. The molecule has 2 fully saturated rings. The van der Waals surface area contributed by atoms with Crippen LogP contribution in [0.4, 0.5) is 11.6 Å². The summed E-state index contributed by atoms with van der Waals surface area (Å²) in [4.78, 5) is 20.7. The minimum Gasteiger partial charge on any atom is -0.391 e. The second-order valence-corrected chi connectivity index (χ2v) is 7.96. The van der Waals surface area contributed by atoms with Gasteiger partial charge in [-0.05, 0) is 30.7 Å². The van der Waals surface area contributed by atoms with E-state index in [1.165, 1.54) is 0 Å². The molecule has 26 heavy (non-hydrogen) atoms. The van der Waals surface area contributed by atoms with E-state index in [1.54, 1.807) is 24.0 Å². The minimum atomic E-state index is -0.243. The van der Waals surface area contributed by atoms with Gasteiger partial charge in [0.2, 0.25) is 0 Å². The number of anilines is 2. The third-order valence-electron chi connectivity index (χ3n) is 5.32. The second kappa shape index (κ2) is 6.44. The predicted octanol–water partition coefficient (Wildman–Crippen LogP) is 2.41. The summed E-state index contributed by atoms with van der Waals surface area (Å²) in [6, 6.07) is 4.56. The number of β-amino-alcohol motifs (C(OH)–C–C–N with tert-alkyl or cyclic N) is 1. The Bertz CT molecular complexity index is 925. The average Bonchev–Trinajstić information content (AvgIpc) is 3.27. The van der Waals surface area contributed by atoms with E-state index in [9.17, 15) is 5.11 Å². The monoisotopic (exact) mass is 368 g/mol. The van der Waals surface area contributed by atoms with Gasteiger partial charge in [-0.3, -0.25) is 0 Å². The van der Waals surface area contributed by atoms with Crippen LogP contribution >= 0.6 is 11.3 Å². The van der Waals surface area contributed by atoms with E-state index in [2.05, 4.69) is 42.3 Å². The maximum Gasteiger partial charge on any atom is 0.138 e. The maximum atomic E-state index is 9.73. The van der Waals surface area contributed by atoms with Gasteiger partial charge in [0.05, 0.1) is 11.5 Å². The number of aliphatic hydroxyl groups excluding tert-OH is 1. The van der Waals surface area contributed by atoms with Gasteiger partial charge in [-0.25, -0.2) is 19.9 Å². The van der Waals surface area contributed by atoms with Crippen LogP contribution in [0.1, 0.15) is 30.9 Å². The zero-order valence-electron chi connectivity index (χ0n) is 14.2. The van der Waals surface area contributed by atoms with Crippen LogP contribution in [-0.4, -0.2) is 50.3 Å². The summed E-state index contributed by atoms with van der Waals surface area (Å²) < 4.78 is 0. The summed E-state index contributed by atoms with van der Waals surface area (Å²) in [7, 11) is 0. The predicted molar refractivity (Wildman–Crippen MR) is 102 cm³/mol. The number of rotatable bonds is 4. The van der Waals surface area contributed by atoms with Crippen LogP contribution < -0.4 is 10.2 Å². The topological polar surface area (TPSA) is 87.1 Å². The van der Waals surface area contributed by atoms with Crippen molar-refractivity contribution in [3.63, 3.8) is 0 Å². The zero-order chi connectivity index (χ0) is 17.5. The van der Waals surface area contributed by atoms with Crippen molar-refractivity contribution in [2.75, 3.05) is 23.3 Å². The van der Waals surface area contributed by atoms with Crippen molar-refractivity contribution in [2.45, 2.75) is 37.3 Å². The standard InChI is InChI=1S/C18H20N6OS/c25-13-1-3-24(8-13)16-7-15(19-9-20-16)11-5-12(6-11)23-17-14-2-4-26-18(14)22-10-21-17/h2,4,7,9-13,25H,1,3,5-6,8H2,(H,21,22,23)/t11?,12?,13-/m0/s1. The van der Waals surface area contributed by atoms with Crippen LogP contribution in [-0.2, 0) is 0 Å². The number of thiophene rings is 1. The van der Waals surface area contributed by atoms with Gasteiger partial charge in [-0.1, -0.05) is 0 Å². The van der Waals surface area contributed by atoms with E-state index in [-0.39, 0.29) is 6.10 Å². The normalized spacial score (nSPS) is 25.4. The molecule has 3 aromatic rings. The van der Waals surface area contributed by atoms with E-state index in [4.69, 9.17) is 0 Å². The highest BCUT2D eigenvalue weighted by Gasteiger charge is 2.32. The molecule has 1 saturated carbocycles. The third kappa shape index (κ3) is 2.89. The van der Waals surface area contributed by atoms with Crippen molar-refractivity contribution in [3.8, 4) is 0 Å². The summed E-state index contributed by atoms with van der Waals surface area (Å²) in [5.41, 5.74) is 1.10. The average molecular weight is 368 g/mol. The molecule has 2 aliphatic rings. The van der Waals surface area contributed by atoms with Crippen molar-refractivity contribution < 1.29 is 5.11 Å². The van der Waals surface area contributed by atoms with Crippen molar-refractivity contribution in [3.05, 3.63) is 35.9 Å². The summed E-state index contributed by atoms with van der Waals surface area (Å²) in [6.45, 7) is 1.52. The lowest BCUT2D eigenvalue weighted by Crippen LogP contribution is -2.35. The first-order valence-electron chi connectivity index (χ1n) is 8.96. The second-order valence-electron chi connectivity index (χ2n) is 7.06. The molecule has 7 nitrogen and oxygen atoms in total. The Kier molecular flexibility index (Phi) is 3.94. The quantitative estimate of drug-likeness (QED) is 0.731. The molecule has 134 valence electrons. The van der Waals surface area contributed by atoms with Gasteiger partial charge >= 0.3 is 0 Å². The Morgan fingerprint density at radius 3 is 2.88 bits per heavy atom. The molecule has 5 rings (SSSR count). The van der Waals surface area contributed by atoms with Crippen LogP contribution in [0.5, 0.6) is 0 Å². The lowest BCUT2D eigenvalue weighted by molar-refractivity contribution is 0.198. The maximum absolute atomic E-state index is 9.73. The van der Waals surface area contributed by atoms with Gasteiger partial charge in [0.15, 0.2) is 0 Å². The van der Waals surface area contributed by atoms with Gasteiger partial charge in [0.1, 0.15) is 29.1 Å². The van der Waals surface area contributed by atoms with Crippen LogP contribution in [0.3, 0.4) is 0 Å². The molecule has 0 aromatic carbocycles. The summed E-state index contributed by atoms with van der Waals surface area (Å²) >= 11 is 1.63. The van der Waals surface area contributed by atoms with E-state index < -0.39 is 0 Å². The number of nitrogens with zero attached hydrogens (tertiary/aromatic N) is 5. The highest BCUT2D eigenvalue weighted by atomic mass is 32.1. The molecule has 0 bridgehead atoms. The fourth-order valence-electron chi connectivity index (χ4n) is 3.78. The van der Waals surface area contributed by atoms with E-state index in [0.717, 1.165) is 53.4 Å². The molecule has 4 heterocycles. The molecule has 0 unspecified atom stereocenters. The Morgan fingerprint density at radius 2 is 2.04 bits per heavy atom. The van der Waals surface area contributed by atoms with E-state index >= 15 is 0 Å². The fraction of sp³-hybridized carbons (Fsp3) is 0.444. The van der Waals surface area contributed by atoms with E-state index in [1.807, 2.05) is 5.38 Å². The zero-order valence-corrected chi connectivity index (χ0v) is 15.1. The Morgan fingerprint density at radius 1 is 1.15 bits per heavy atom. The number of aliphatic hydroxyl groups is 1. The van der Waals surface area contributed by atoms with Gasteiger partial charge in [-0.2, -0.15) is 0 Å². The van der Waals surface area contributed by atoms with Crippen molar-refractivity contribution >= 4 is 33.2 Å². The Labute approximate surface area is 155 Å². The summed E-state index contributed by atoms with van der Waals surface area (Å²) in [6.07, 6.45) is 5.91. The van der Waals surface area contributed by atoms with Gasteiger partial charge in [0.25, 0.3) is 0 Å². The molecule has 3 aromatic heterocycles.